The molecule has 5 heteroatoms. The number of amides is 1. The molecule has 0 radical (unpaired) electrons. The molecule has 0 saturated heterocycles. The van der Waals surface area contributed by atoms with Gasteiger partial charge in [-0.2, -0.15) is 0 Å². The van der Waals surface area contributed by atoms with Crippen molar-refractivity contribution < 1.29 is 9.32 Å². The van der Waals surface area contributed by atoms with Crippen LogP contribution >= 0.6 is 15.9 Å². The van der Waals surface area contributed by atoms with Gasteiger partial charge < -0.3 is 9.84 Å². The van der Waals surface area contributed by atoms with Crippen molar-refractivity contribution in [1.29, 1.82) is 0 Å². The van der Waals surface area contributed by atoms with Gasteiger partial charge in [0.15, 0.2) is 0 Å². The van der Waals surface area contributed by atoms with E-state index in [0.29, 0.717) is 12.1 Å². The number of rotatable bonds is 3. The van der Waals surface area contributed by atoms with E-state index in [9.17, 15) is 4.79 Å². The van der Waals surface area contributed by atoms with Crippen molar-refractivity contribution in [2.75, 3.05) is 0 Å². The van der Waals surface area contributed by atoms with E-state index >= 15 is 0 Å². The van der Waals surface area contributed by atoms with Crippen molar-refractivity contribution in [3.63, 3.8) is 0 Å². The van der Waals surface area contributed by atoms with Gasteiger partial charge in [-0.1, -0.05) is 21.1 Å². The fourth-order valence-corrected chi connectivity index (χ4v) is 2.50. The van der Waals surface area contributed by atoms with Gasteiger partial charge in [-0.25, -0.2) is 0 Å². The lowest BCUT2D eigenvalue weighted by atomic mass is 10.0. The molecule has 106 valence electrons. The van der Waals surface area contributed by atoms with Crippen LogP contribution in [0.2, 0.25) is 0 Å². The van der Waals surface area contributed by atoms with Gasteiger partial charge in [-0.15, -0.1) is 0 Å². The molecule has 0 spiro atoms. The third-order valence-corrected chi connectivity index (χ3v) is 4.21. The zero-order chi connectivity index (χ0) is 14.9. The van der Waals surface area contributed by atoms with Gasteiger partial charge in [0, 0.05) is 22.1 Å². The van der Waals surface area contributed by atoms with Crippen LogP contribution in [0.25, 0.3) is 0 Å². The van der Waals surface area contributed by atoms with Crippen molar-refractivity contribution >= 4 is 21.8 Å². The summed E-state index contributed by atoms with van der Waals surface area (Å²) in [4.78, 5) is 12.3. The minimum absolute atomic E-state index is 0.0851. The van der Waals surface area contributed by atoms with E-state index in [1.165, 1.54) is 0 Å². The third kappa shape index (κ3) is 2.93. The molecule has 2 aromatic rings. The first kappa shape index (κ1) is 14.8. The fraction of sp³-hybridized carbons (Fsp3) is 0.333. The number of benzene rings is 1. The Balaban J connectivity index is 2.15. The summed E-state index contributed by atoms with van der Waals surface area (Å²) < 4.78 is 6.10. The van der Waals surface area contributed by atoms with Crippen LogP contribution in [0.1, 0.15) is 38.5 Å². The van der Waals surface area contributed by atoms with Gasteiger partial charge >= 0.3 is 0 Å². The normalized spacial score (nSPS) is 10.7. The molecule has 1 aromatic heterocycles. The first-order valence-electron chi connectivity index (χ1n) is 6.37. The SMILES string of the molecule is Cc1cc(C(=O)NCc2c(C)noc2C)c(C)cc1Br. The van der Waals surface area contributed by atoms with Gasteiger partial charge in [0.05, 0.1) is 5.69 Å². The first-order chi connectivity index (χ1) is 9.40. The lowest BCUT2D eigenvalue weighted by Crippen LogP contribution is -2.24. The maximum Gasteiger partial charge on any atom is 0.251 e. The van der Waals surface area contributed by atoms with Gasteiger partial charge in [-0.05, 0) is 51.0 Å². The number of carbonyl (C=O) groups is 1. The van der Waals surface area contributed by atoms with Crippen LogP contribution in [-0.2, 0) is 6.54 Å². The molecule has 0 unspecified atom stereocenters. The summed E-state index contributed by atoms with van der Waals surface area (Å²) >= 11 is 3.47. The maximum atomic E-state index is 12.3. The van der Waals surface area contributed by atoms with E-state index in [2.05, 4.69) is 26.4 Å². The lowest BCUT2D eigenvalue weighted by Gasteiger charge is -2.10. The molecule has 0 aliphatic heterocycles. The molecule has 1 N–H and O–H groups in total. The van der Waals surface area contributed by atoms with E-state index in [1.807, 2.05) is 39.8 Å². The second kappa shape index (κ2) is 5.79. The smallest absolute Gasteiger partial charge is 0.251 e. The Morgan fingerprint density at radius 2 is 1.95 bits per heavy atom. The number of nitrogens with zero attached hydrogens (tertiary/aromatic N) is 1. The summed E-state index contributed by atoms with van der Waals surface area (Å²) in [7, 11) is 0. The Kier molecular flexibility index (Phi) is 4.28. The minimum Gasteiger partial charge on any atom is -0.361 e. The first-order valence-corrected chi connectivity index (χ1v) is 7.16. The molecular weight excluding hydrogens is 320 g/mol. The average Bonchev–Trinajstić information content (AvgIpc) is 2.71. The highest BCUT2D eigenvalue weighted by atomic mass is 79.9. The summed E-state index contributed by atoms with van der Waals surface area (Å²) in [5.41, 5.74) is 4.42. The van der Waals surface area contributed by atoms with Crippen LogP contribution in [0.3, 0.4) is 0 Å². The molecule has 0 aliphatic rings. The van der Waals surface area contributed by atoms with Gasteiger partial charge in [0.2, 0.25) is 0 Å². The number of nitrogens with one attached hydrogen (secondary N) is 1. The van der Waals surface area contributed by atoms with Gasteiger partial charge in [-0.3, -0.25) is 4.79 Å². The molecule has 0 fully saturated rings. The summed E-state index contributed by atoms with van der Waals surface area (Å²) in [6.07, 6.45) is 0. The number of aromatic nitrogens is 1. The van der Waals surface area contributed by atoms with Crippen LogP contribution in [-0.4, -0.2) is 11.1 Å². The number of halogens is 1. The highest BCUT2D eigenvalue weighted by Crippen LogP contribution is 2.21. The second-order valence-electron chi connectivity index (χ2n) is 4.90. The van der Waals surface area contributed by atoms with E-state index in [0.717, 1.165) is 32.6 Å². The molecule has 0 saturated carbocycles. The second-order valence-corrected chi connectivity index (χ2v) is 5.76. The topological polar surface area (TPSA) is 55.1 Å². The molecule has 2 rings (SSSR count). The molecule has 20 heavy (non-hydrogen) atoms. The highest BCUT2D eigenvalue weighted by molar-refractivity contribution is 9.10. The van der Waals surface area contributed by atoms with Gasteiger partial charge in [0.1, 0.15) is 5.76 Å². The minimum atomic E-state index is -0.0851. The van der Waals surface area contributed by atoms with Crippen molar-refractivity contribution in [2.45, 2.75) is 34.2 Å². The lowest BCUT2D eigenvalue weighted by molar-refractivity contribution is 0.0950. The van der Waals surface area contributed by atoms with Crippen LogP contribution in [0.4, 0.5) is 0 Å². The van der Waals surface area contributed by atoms with E-state index in [4.69, 9.17) is 4.52 Å². The predicted octanol–water partition coefficient (Wildman–Crippen LogP) is 3.60. The Morgan fingerprint density at radius 3 is 2.55 bits per heavy atom. The standard InChI is InChI=1S/C15H17BrN2O2/c1-8-6-14(16)9(2)5-12(8)15(19)17-7-13-10(3)18-20-11(13)4/h5-6H,7H2,1-4H3,(H,17,19). The van der Waals surface area contributed by atoms with Gasteiger partial charge in [0.25, 0.3) is 5.91 Å². The molecule has 0 atom stereocenters. The number of hydrogen-bond acceptors (Lipinski definition) is 3. The highest BCUT2D eigenvalue weighted by Gasteiger charge is 2.14. The van der Waals surface area contributed by atoms with Crippen molar-refractivity contribution in [2.24, 2.45) is 0 Å². The van der Waals surface area contributed by atoms with Crippen LogP contribution in [0.5, 0.6) is 0 Å². The molecule has 4 nitrogen and oxygen atoms in total. The van der Waals surface area contributed by atoms with Crippen LogP contribution < -0.4 is 5.32 Å². The van der Waals surface area contributed by atoms with Crippen LogP contribution in [0, 0.1) is 27.7 Å². The quantitative estimate of drug-likeness (QED) is 0.931. The van der Waals surface area contributed by atoms with Crippen molar-refractivity contribution in [3.8, 4) is 0 Å². The Labute approximate surface area is 126 Å². The molecule has 0 aliphatic carbocycles. The number of carbonyl (C=O) groups excluding carboxylic acids is 1. The van der Waals surface area contributed by atoms with Crippen molar-refractivity contribution in [1.82, 2.24) is 10.5 Å². The summed E-state index contributed by atoms with van der Waals surface area (Å²) in [5, 5.41) is 6.79. The third-order valence-electron chi connectivity index (χ3n) is 3.36. The molecule has 1 heterocycles. The largest absolute Gasteiger partial charge is 0.361 e. The molecule has 1 amide bonds. The number of aryl methyl sites for hydroxylation is 4. The van der Waals surface area contributed by atoms with Crippen molar-refractivity contribution in [3.05, 3.63) is 50.3 Å². The summed E-state index contributed by atoms with van der Waals surface area (Å²) in [6, 6.07) is 3.85. The molecular formula is C15H17BrN2O2. The molecule has 1 aromatic carbocycles. The summed E-state index contributed by atoms with van der Waals surface area (Å²) in [5.74, 6) is 0.657. The van der Waals surface area contributed by atoms with E-state index in [1.54, 1.807) is 0 Å². The number of hydrogen-bond donors (Lipinski definition) is 1. The maximum absolute atomic E-state index is 12.3. The molecule has 0 bridgehead atoms. The van der Waals surface area contributed by atoms with E-state index in [-0.39, 0.29) is 5.91 Å². The predicted molar refractivity (Wildman–Crippen MR) is 80.8 cm³/mol. The zero-order valence-corrected chi connectivity index (χ0v) is 13.6. The van der Waals surface area contributed by atoms with E-state index < -0.39 is 0 Å². The average molecular weight is 337 g/mol. The Morgan fingerprint density at radius 1 is 1.25 bits per heavy atom. The zero-order valence-electron chi connectivity index (χ0n) is 12.0. The van der Waals surface area contributed by atoms with Crippen LogP contribution in [0.15, 0.2) is 21.1 Å². The fourth-order valence-electron chi connectivity index (χ4n) is 2.04. The summed E-state index contributed by atoms with van der Waals surface area (Å²) in [6.45, 7) is 8.03. The monoisotopic (exact) mass is 336 g/mol. The Hall–Kier alpha value is -1.62. The Bertz CT molecular complexity index is 643.